The van der Waals surface area contributed by atoms with Gasteiger partial charge in [0.25, 0.3) is 0 Å². The fourth-order valence-electron chi connectivity index (χ4n) is 2.44. The molecule has 1 aromatic carbocycles. The van der Waals surface area contributed by atoms with Gasteiger partial charge < -0.3 is 5.32 Å². The number of anilines is 1. The molecule has 0 saturated carbocycles. The predicted molar refractivity (Wildman–Crippen MR) is 98.7 cm³/mol. The highest BCUT2D eigenvalue weighted by Gasteiger charge is 2.17. The van der Waals surface area contributed by atoms with Gasteiger partial charge in [0.15, 0.2) is 0 Å². The summed E-state index contributed by atoms with van der Waals surface area (Å²) in [6, 6.07) is 11.0. The first-order valence-corrected chi connectivity index (χ1v) is 9.91. The van der Waals surface area contributed by atoms with Gasteiger partial charge in [-0.3, -0.25) is 14.1 Å². The minimum Gasteiger partial charge on any atom is -0.352 e. The molecule has 0 saturated heterocycles. The van der Waals surface area contributed by atoms with E-state index in [1.165, 1.54) is 10.6 Å². The van der Waals surface area contributed by atoms with E-state index in [2.05, 4.69) is 10.3 Å². The fourth-order valence-corrected chi connectivity index (χ4v) is 3.40. The van der Waals surface area contributed by atoms with Crippen LogP contribution in [0.2, 0.25) is 0 Å². The van der Waals surface area contributed by atoms with E-state index in [-0.39, 0.29) is 18.9 Å². The van der Waals surface area contributed by atoms with Gasteiger partial charge in [-0.25, -0.2) is 8.42 Å². The van der Waals surface area contributed by atoms with E-state index < -0.39 is 10.0 Å². The van der Waals surface area contributed by atoms with Crippen molar-refractivity contribution in [1.82, 2.24) is 10.3 Å². The molecule has 0 atom stereocenters. The highest BCUT2D eigenvalue weighted by molar-refractivity contribution is 7.92. The van der Waals surface area contributed by atoms with Gasteiger partial charge in [0.05, 0.1) is 11.9 Å². The van der Waals surface area contributed by atoms with Gasteiger partial charge in [0.1, 0.15) is 0 Å². The van der Waals surface area contributed by atoms with E-state index in [9.17, 15) is 13.2 Å². The number of hydrogen-bond acceptors (Lipinski definition) is 4. The minimum atomic E-state index is -3.39. The molecule has 1 amide bonds. The topological polar surface area (TPSA) is 79.4 Å². The Morgan fingerprint density at radius 1 is 1.24 bits per heavy atom. The molecule has 0 aliphatic carbocycles. The molecule has 6 nitrogen and oxygen atoms in total. The van der Waals surface area contributed by atoms with E-state index >= 15 is 0 Å². The molecular formula is C18H23N3O3S. The molecule has 7 heteroatoms. The van der Waals surface area contributed by atoms with Crippen molar-refractivity contribution < 1.29 is 13.2 Å². The molecule has 0 unspecified atom stereocenters. The zero-order valence-corrected chi connectivity index (χ0v) is 15.3. The summed E-state index contributed by atoms with van der Waals surface area (Å²) in [6.07, 6.45) is 5.26. The first-order valence-electron chi connectivity index (χ1n) is 8.06. The second kappa shape index (κ2) is 8.62. The molecule has 1 heterocycles. The van der Waals surface area contributed by atoms with Crippen molar-refractivity contribution in [3.63, 3.8) is 0 Å². The molecule has 0 radical (unpaired) electrons. The number of aryl methyl sites for hydroxylation is 1. The first-order chi connectivity index (χ1) is 11.9. The van der Waals surface area contributed by atoms with Crippen LogP contribution in [0, 0.1) is 6.92 Å². The highest BCUT2D eigenvalue weighted by atomic mass is 32.2. The van der Waals surface area contributed by atoms with E-state index in [0.29, 0.717) is 18.7 Å². The van der Waals surface area contributed by atoms with Gasteiger partial charge in [0, 0.05) is 31.9 Å². The highest BCUT2D eigenvalue weighted by Crippen LogP contribution is 2.19. The maximum absolute atomic E-state index is 12.0. The van der Waals surface area contributed by atoms with Gasteiger partial charge in [-0.05, 0) is 42.7 Å². The van der Waals surface area contributed by atoms with Crippen LogP contribution in [-0.2, 0) is 21.4 Å². The van der Waals surface area contributed by atoms with Crippen molar-refractivity contribution in [2.45, 2.75) is 26.3 Å². The second-order valence-electron chi connectivity index (χ2n) is 5.92. The molecule has 2 aromatic rings. The number of hydrogen-bond donors (Lipinski definition) is 1. The molecule has 25 heavy (non-hydrogen) atoms. The summed E-state index contributed by atoms with van der Waals surface area (Å²) in [5.74, 6) is -0.110. The van der Waals surface area contributed by atoms with Crippen molar-refractivity contribution in [2.75, 3.05) is 17.1 Å². The van der Waals surface area contributed by atoms with Crippen LogP contribution in [0.15, 0.2) is 48.8 Å². The van der Waals surface area contributed by atoms with Gasteiger partial charge in [0.2, 0.25) is 15.9 Å². The van der Waals surface area contributed by atoms with Crippen LogP contribution in [0.4, 0.5) is 5.69 Å². The third kappa shape index (κ3) is 6.19. The molecule has 0 aliphatic rings. The molecule has 134 valence electrons. The Kier molecular flexibility index (Phi) is 6.52. The Balaban J connectivity index is 1.87. The van der Waals surface area contributed by atoms with Crippen LogP contribution < -0.4 is 9.62 Å². The molecule has 1 N–H and O–H groups in total. The lowest BCUT2D eigenvalue weighted by molar-refractivity contribution is -0.121. The quantitative estimate of drug-likeness (QED) is 0.782. The average Bonchev–Trinajstić information content (AvgIpc) is 2.56. The number of sulfonamides is 1. The van der Waals surface area contributed by atoms with Crippen molar-refractivity contribution in [1.29, 1.82) is 0 Å². The molecule has 0 fully saturated rings. The smallest absolute Gasteiger partial charge is 0.232 e. The first kappa shape index (κ1) is 18.9. The summed E-state index contributed by atoms with van der Waals surface area (Å²) in [7, 11) is -3.39. The summed E-state index contributed by atoms with van der Waals surface area (Å²) >= 11 is 0. The standard InChI is InChI=1S/C18H23N3O3S/c1-15-6-3-8-17(12-15)21(25(2,23)24)11-5-9-18(22)20-14-16-7-4-10-19-13-16/h3-4,6-8,10,12-13H,5,9,11,14H2,1-2H3,(H,20,22). The van der Waals surface area contributed by atoms with Crippen LogP contribution in [0.3, 0.4) is 0 Å². The maximum Gasteiger partial charge on any atom is 0.232 e. The van der Waals surface area contributed by atoms with E-state index in [1.54, 1.807) is 18.5 Å². The zero-order chi connectivity index (χ0) is 18.3. The second-order valence-corrected chi connectivity index (χ2v) is 7.82. The maximum atomic E-state index is 12.0. The Bertz CT molecular complexity index is 807. The molecule has 1 aromatic heterocycles. The fraction of sp³-hybridized carbons (Fsp3) is 0.333. The van der Waals surface area contributed by atoms with Gasteiger partial charge in [-0.2, -0.15) is 0 Å². The number of carbonyl (C=O) groups is 1. The lowest BCUT2D eigenvalue weighted by atomic mass is 10.2. The Labute approximate surface area is 148 Å². The summed E-state index contributed by atoms with van der Waals surface area (Å²) in [4.78, 5) is 15.9. The lowest BCUT2D eigenvalue weighted by Gasteiger charge is -2.22. The number of nitrogens with one attached hydrogen (secondary N) is 1. The van der Waals surface area contributed by atoms with Crippen molar-refractivity contribution >= 4 is 21.6 Å². The summed E-state index contributed by atoms with van der Waals surface area (Å²) < 4.78 is 25.4. The third-order valence-corrected chi connectivity index (χ3v) is 4.86. The van der Waals surface area contributed by atoms with Gasteiger partial charge in [-0.15, -0.1) is 0 Å². The molecule has 0 bridgehead atoms. The van der Waals surface area contributed by atoms with E-state index in [0.717, 1.165) is 11.1 Å². The third-order valence-electron chi connectivity index (χ3n) is 3.67. The van der Waals surface area contributed by atoms with E-state index in [4.69, 9.17) is 0 Å². The van der Waals surface area contributed by atoms with Crippen molar-refractivity contribution in [2.24, 2.45) is 0 Å². The van der Waals surface area contributed by atoms with Gasteiger partial charge >= 0.3 is 0 Å². The molecular weight excluding hydrogens is 338 g/mol. The number of carbonyl (C=O) groups excluding carboxylic acids is 1. The Hall–Kier alpha value is -2.41. The number of rotatable bonds is 8. The predicted octanol–water partition coefficient (Wildman–Crippen LogP) is 2.25. The van der Waals surface area contributed by atoms with Crippen LogP contribution in [0.25, 0.3) is 0 Å². The Morgan fingerprint density at radius 3 is 2.68 bits per heavy atom. The number of aromatic nitrogens is 1. The monoisotopic (exact) mass is 361 g/mol. The van der Waals surface area contributed by atoms with Crippen LogP contribution in [0.1, 0.15) is 24.0 Å². The van der Waals surface area contributed by atoms with Crippen molar-refractivity contribution in [3.8, 4) is 0 Å². The molecule has 0 aliphatic heterocycles. The SMILES string of the molecule is Cc1cccc(N(CCCC(=O)NCc2cccnc2)S(C)(=O)=O)c1. The summed E-state index contributed by atoms with van der Waals surface area (Å²) in [5, 5.41) is 2.81. The largest absolute Gasteiger partial charge is 0.352 e. The number of amides is 1. The van der Waals surface area contributed by atoms with Crippen LogP contribution in [-0.4, -0.2) is 32.1 Å². The number of pyridine rings is 1. The van der Waals surface area contributed by atoms with Crippen LogP contribution in [0.5, 0.6) is 0 Å². The minimum absolute atomic E-state index is 0.110. The van der Waals surface area contributed by atoms with Crippen LogP contribution >= 0.6 is 0 Å². The Morgan fingerprint density at radius 2 is 2.04 bits per heavy atom. The normalized spacial score (nSPS) is 11.1. The lowest BCUT2D eigenvalue weighted by Crippen LogP contribution is -2.32. The number of benzene rings is 1. The van der Waals surface area contributed by atoms with Crippen molar-refractivity contribution in [3.05, 3.63) is 59.9 Å². The zero-order valence-electron chi connectivity index (χ0n) is 14.5. The molecule has 2 rings (SSSR count). The van der Waals surface area contributed by atoms with E-state index in [1.807, 2.05) is 37.3 Å². The summed E-state index contributed by atoms with van der Waals surface area (Å²) in [5.41, 5.74) is 2.53. The number of nitrogens with zero attached hydrogens (tertiary/aromatic N) is 2. The summed E-state index contributed by atoms with van der Waals surface area (Å²) in [6.45, 7) is 2.60. The average molecular weight is 361 g/mol. The van der Waals surface area contributed by atoms with Gasteiger partial charge in [-0.1, -0.05) is 18.2 Å². The molecule has 0 spiro atoms.